The first-order valence-corrected chi connectivity index (χ1v) is 5.47. The third kappa shape index (κ3) is 3.28. The second-order valence-corrected chi connectivity index (χ2v) is 4.32. The van der Waals surface area contributed by atoms with E-state index in [1.165, 1.54) is 12.8 Å². The number of hydrogen-bond acceptors (Lipinski definition) is 3. The van der Waals surface area contributed by atoms with Gasteiger partial charge in [-0.05, 0) is 31.1 Å². The maximum absolute atomic E-state index is 8.89. The molecule has 0 aromatic carbocycles. The molecule has 1 unspecified atom stereocenters. The lowest BCUT2D eigenvalue weighted by Crippen LogP contribution is -2.33. The van der Waals surface area contributed by atoms with Gasteiger partial charge in [-0.25, -0.2) is 0 Å². The van der Waals surface area contributed by atoms with E-state index in [1.54, 1.807) is 0 Å². The van der Waals surface area contributed by atoms with Gasteiger partial charge in [-0.2, -0.15) is 5.26 Å². The Labute approximate surface area is 86.1 Å². The zero-order chi connectivity index (χ0) is 10.4. The molecule has 1 atom stereocenters. The predicted octanol–water partition coefficient (Wildman–Crippen LogP) is 1.43. The molecule has 2 N–H and O–H groups in total. The van der Waals surface area contributed by atoms with Gasteiger partial charge >= 0.3 is 0 Å². The van der Waals surface area contributed by atoms with Crippen molar-refractivity contribution in [2.24, 2.45) is 5.41 Å². The van der Waals surface area contributed by atoms with Crippen LogP contribution in [0.1, 0.15) is 39.0 Å². The zero-order valence-corrected chi connectivity index (χ0v) is 8.92. The first-order valence-electron chi connectivity index (χ1n) is 5.47. The van der Waals surface area contributed by atoms with Crippen LogP contribution in [0.15, 0.2) is 0 Å². The second-order valence-electron chi connectivity index (χ2n) is 4.32. The number of nitriles is 1. The molecule has 0 bridgehead atoms. The summed E-state index contributed by atoms with van der Waals surface area (Å²) in [5.41, 5.74) is 0.359. The average Bonchev–Trinajstić information content (AvgIpc) is 2.94. The van der Waals surface area contributed by atoms with Crippen molar-refractivity contribution in [3.8, 4) is 6.07 Å². The predicted molar refractivity (Wildman–Crippen MR) is 55.7 cm³/mol. The van der Waals surface area contributed by atoms with E-state index < -0.39 is 0 Å². The van der Waals surface area contributed by atoms with Crippen molar-refractivity contribution in [2.75, 3.05) is 13.2 Å². The highest BCUT2D eigenvalue weighted by Crippen LogP contribution is 2.47. The normalized spacial score (nSPS) is 20.1. The molecule has 0 aliphatic heterocycles. The maximum Gasteiger partial charge on any atom is 0.0638 e. The third-order valence-electron chi connectivity index (χ3n) is 3.20. The smallest absolute Gasteiger partial charge is 0.0638 e. The van der Waals surface area contributed by atoms with Crippen LogP contribution in [-0.4, -0.2) is 24.3 Å². The van der Waals surface area contributed by atoms with Crippen molar-refractivity contribution < 1.29 is 5.11 Å². The van der Waals surface area contributed by atoms with Crippen LogP contribution in [0, 0.1) is 16.7 Å². The van der Waals surface area contributed by atoms with Crippen molar-refractivity contribution >= 4 is 0 Å². The van der Waals surface area contributed by atoms with Gasteiger partial charge in [0, 0.05) is 19.2 Å². The Morgan fingerprint density at radius 1 is 1.57 bits per heavy atom. The molecule has 0 radical (unpaired) electrons. The van der Waals surface area contributed by atoms with Crippen LogP contribution in [0.3, 0.4) is 0 Å². The van der Waals surface area contributed by atoms with Crippen molar-refractivity contribution in [2.45, 2.75) is 45.1 Å². The Bertz CT molecular complexity index is 206. The number of nitrogens with one attached hydrogen (secondary N) is 1. The van der Waals surface area contributed by atoms with Gasteiger partial charge in [-0.3, -0.25) is 0 Å². The van der Waals surface area contributed by atoms with E-state index in [0.29, 0.717) is 17.9 Å². The van der Waals surface area contributed by atoms with Gasteiger partial charge in [0.25, 0.3) is 0 Å². The summed E-state index contributed by atoms with van der Waals surface area (Å²) in [7, 11) is 0. The van der Waals surface area contributed by atoms with Gasteiger partial charge < -0.3 is 10.4 Å². The molecule has 3 heteroatoms. The summed E-state index contributed by atoms with van der Waals surface area (Å²) in [5.74, 6) is 0. The van der Waals surface area contributed by atoms with Gasteiger partial charge in [-0.1, -0.05) is 6.92 Å². The Hall–Kier alpha value is -0.590. The van der Waals surface area contributed by atoms with Crippen LogP contribution in [0.25, 0.3) is 0 Å². The lowest BCUT2D eigenvalue weighted by Gasteiger charge is -2.19. The second kappa shape index (κ2) is 5.33. The summed E-state index contributed by atoms with van der Waals surface area (Å²) in [6.07, 6.45) is 4.95. The van der Waals surface area contributed by atoms with E-state index in [9.17, 15) is 0 Å². The molecular formula is C11H20N2O. The Morgan fingerprint density at radius 3 is 2.71 bits per heavy atom. The van der Waals surface area contributed by atoms with E-state index in [0.717, 1.165) is 19.4 Å². The van der Waals surface area contributed by atoms with Gasteiger partial charge in [0.1, 0.15) is 0 Å². The molecule has 1 aliphatic carbocycles. The Kier molecular flexibility index (Phi) is 4.37. The summed E-state index contributed by atoms with van der Waals surface area (Å²) in [5, 5.41) is 20.9. The Balaban J connectivity index is 2.21. The molecule has 1 fully saturated rings. The van der Waals surface area contributed by atoms with Crippen LogP contribution >= 0.6 is 0 Å². The fraction of sp³-hybridized carbons (Fsp3) is 0.909. The molecule has 80 valence electrons. The zero-order valence-electron chi connectivity index (χ0n) is 8.92. The molecule has 1 rings (SSSR count). The van der Waals surface area contributed by atoms with E-state index in [-0.39, 0.29) is 6.61 Å². The van der Waals surface area contributed by atoms with E-state index in [1.807, 2.05) is 0 Å². The van der Waals surface area contributed by atoms with Gasteiger partial charge in [-0.15, -0.1) is 0 Å². The first kappa shape index (κ1) is 11.5. The standard InChI is InChI=1S/C11H20N2O/c1-2-10(3-7-12)13-9-11(4-5-11)6-8-14/h10,13-14H,2-6,8-9H2,1H3. The van der Waals surface area contributed by atoms with Gasteiger partial charge in [0.15, 0.2) is 0 Å². The van der Waals surface area contributed by atoms with Crippen molar-refractivity contribution in [1.29, 1.82) is 5.26 Å². The highest BCUT2D eigenvalue weighted by atomic mass is 16.3. The summed E-state index contributed by atoms with van der Waals surface area (Å²) in [6, 6.07) is 2.53. The van der Waals surface area contributed by atoms with Crippen molar-refractivity contribution in [3.63, 3.8) is 0 Å². The minimum Gasteiger partial charge on any atom is -0.396 e. The maximum atomic E-state index is 8.89. The van der Waals surface area contributed by atoms with Crippen molar-refractivity contribution in [1.82, 2.24) is 5.32 Å². The number of aliphatic hydroxyl groups is 1. The van der Waals surface area contributed by atoms with E-state index >= 15 is 0 Å². The molecule has 0 heterocycles. The number of nitrogens with zero attached hydrogens (tertiary/aromatic N) is 1. The molecule has 1 saturated carbocycles. The molecule has 0 spiro atoms. The summed E-state index contributed by atoms with van der Waals surface area (Å²) >= 11 is 0. The fourth-order valence-electron chi connectivity index (χ4n) is 1.76. The quantitative estimate of drug-likeness (QED) is 0.647. The van der Waals surface area contributed by atoms with Crippen molar-refractivity contribution in [3.05, 3.63) is 0 Å². The lowest BCUT2D eigenvalue weighted by molar-refractivity contribution is 0.241. The highest BCUT2D eigenvalue weighted by Gasteiger charge is 2.41. The summed E-state index contributed by atoms with van der Waals surface area (Å²) < 4.78 is 0. The minimum atomic E-state index is 0.288. The first-order chi connectivity index (χ1) is 6.76. The lowest BCUT2D eigenvalue weighted by atomic mass is 10.0. The molecule has 3 nitrogen and oxygen atoms in total. The molecular weight excluding hydrogens is 176 g/mol. The SMILES string of the molecule is CCC(CC#N)NCC1(CCO)CC1. The molecule has 14 heavy (non-hydrogen) atoms. The monoisotopic (exact) mass is 196 g/mol. The van der Waals surface area contributed by atoms with Crippen LogP contribution in [-0.2, 0) is 0 Å². The molecule has 0 saturated heterocycles. The average molecular weight is 196 g/mol. The highest BCUT2D eigenvalue weighted by molar-refractivity contribution is 4.95. The van der Waals surface area contributed by atoms with E-state index in [4.69, 9.17) is 10.4 Å². The number of rotatable bonds is 7. The fourth-order valence-corrected chi connectivity index (χ4v) is 1.76. The molecule has 0 aromatic heterocycles. The largest absolute Gasteiger partial charge is 0.396 e. The van der Waals surface area contributed by atoms with Gasteiger partial charge in [0.2, 0.25) is 0 Å². The molecule has 1 aliphatic rings. The third-order valence-corrected chi connectivity index (χ3v) is 3.20. The number of hydrogen-bond donors (Lipinski definition) is 2. The number of aliphatic hydroxyl groups excluding tert-OH is 1. The Morgan fingerprint density at radius 2 is 2.29 bits per heavy atom. The van der Waals surface area contributed by atoms with Gasteiger partial charge in [0.05, 0.1) is 12.5 Å². The van der Waals surface area contributed by atoms with Crippen LogP contribution < -0.4 is 5.32 Å². The summed E-state index contributed by atoms with van der Waals surface area (Å²) in [4.78, 5) is 0. The van der Waals surface area contributed by atoms with E-state index in [2.05, 4.69) is 18.3 Å². The van der Waals surface area contributed by atoms with Crippen LogP contribution in [0.2, 0.25) is 0 Å². The van der Waals surface area contributed by atoms with Crippen LogP contribution in [0.5, 0.6) is 0 Å². The minimum absolute atomic E-state index is 0.288. The molecule has 0 aromatic rings. The topological polar surface area (TPSA) is 56.0 Å². The molecule has 0 amide bonds. The summed E-state index contributed by atoms with van der Waals surface area (Å²) in [6.45, 7) is 3.35. The van der Waals surface area contributed by atoms with Crippen LogP contribution in [0.4, 0.5) is 0 Å².